The van der Waals surface area contributed by atoms with Crippen LogP contribution in [0, 0.1) is 13.8 Å². The lowest BCUT2D eigenvalue weighted by Gasteiger charge is -2.21. The third kappa shape index (κ3) is 6.34. The van der Waals surface area contributed by atoms with Crippen molar-refractivity contribution in [3.05, 3.63) is 99.2 Å². The van der Waals surface area contributed by atoms with Crippen LogP contribution >= 0.6 is 11.6 Å². The third-order valence-corrected chi connectivity index (χ3v) is 7.68. The van der Waals surface area contributed by atoms with E-state index in [1.165, 1.54) is 12.5 Å². The number of nitrogens with zero attached hydrogens (tertiary/aromatic N) is 1. The Labute approximate surface area is 240 Å². The molecule has 210 valence electrons. The number of hydrogen-bond donors (Lipinski definition) is 2. The van der Waals surface area contributed by atoms with Crippen LogP contribution in [-0.2, 0) is 16.8 Å². The number of rotatable bonds is 8. The van der Waals surface area contributed by atoms with E-state index in [2.05, 4.69) is 61.8 Å². The van der Waals surface area contributed by atoms with Gasteiger partial charge in [-0.3, -0.25) is 4.79 Å². The van der Waals surface area contributed by atoms with Crippen LogP contribution in [0.4, 0.5) is 0 Å². The molecule has 2 N–H and O–H groups in total. The van der Waals surface area contributed by atoms with Gasteiger partial charge in [-0.2, -0.15) is 0 Å². The lowest BCUT2D eigenvalue weighted by Crippen LogP contribution is -2.26. The quantitative estimate of drug-likeness (QED) is 0.232. The molecule has 0 aliphatic rings. The van der Waals surface area contributed by atoms with Crippen LogP contribution in [0.2, 0.25) is 5.02 Å². The average Bonchev–Trinajstić information content (AvgIpc) is 3.12. The van der Waals surface area contributed by atoms with Gasteiger partial charge in [0.25, 0.3) is 5.91 Å². The molecule has 40 heavy (non-hydrogen) atoms. The van der Waals surface area contributed by atoms with Crippen LogP contribution in [0.1, 0.15) is 79.0 Å². The summed E-state index contributed by atoms with van der Waals surface area (Å²) in [5.41, 5.74) is 7.04. The van der Waals surface area contributed by atoms with Crippen molar-refractivity contribution in [1.29, 1.82) is 0 Å². The maximum absolute atomic E-state index is 13.2. The fourth-order valence-corrected chi connectivity index (χ4v) is 5.09. The van der Waals surface area contributed by atoms with E-state index < -0.39 is 12.1 Å². The molecule has 1 unspecified atom stereocenters. The third-order valence-electron chi connectivity index (χ3n) is 7.46. The fourth-order valence-electron chi connectivity index (χ4n) is 4.85. The van der Waals surface area contributed by atoms with E-state index in [1.807, 2.05) is 44.2 Å². The Kier molecular flexibility index (Phi) is 8.31. The van der Waals surface area contributed by atoms with Crippen LogP contribution in [-0.4, -0.2) is 27.7 Å². The predicted molar refractivity (Wildman–Crippen MR) is 161 cm³/mol. The molecule has 2 atom stereocenters. The van der Waals surface area contributed by atoms with E-state index in [-0.39, 0.29) is 17.4 Å². The van der Waals surface area contributed by atoms with Gasteiger partial charge in [-0.05, 0) is 91.8 Å². The molecule has 0 radical (unpaired) electrons. The highest BCUT2D eigenvalue weighted by Crippen LogP contribution is 2.30. The number of aliphatic carboxylic acids is 1. The molecule has 4 aromatic rings. The minimum atomic E-state index is -1.04. The molecule has 0 aliphatic carbocycles. The molecule has 3 aromatic carbocycles. The summed E-state index contributed by atoms with van der Waals surface area (Å²) in [6.45, 7) is 14.6. The van der Waals surface area contributed by atoms with Crippen LogP contribution in [0.3, 0.4) is 0 Å². The lowest BCUT2D eigenvalue weighted by molar-refractivity contribution is -0.144. The monoisotopic (exact) mass is 560 g/mol. The first-order chi connectivity index (χ1) is 18.7. The Morgan fingerprint density at radius 2 is 1.68 bits per heavy atom. The van der Waals surface area contributed by atoms with Crippen molar-refractivity contribution in [2.24, 2.45) is 0 Å². The molecule has 1 heterocycles. The zero-order valence-electron chi connectivity index (χ0n) is 24.1. The normalized spacial score (nSPS) is 13.2. The van der Waals surface area contributed by atoms with Crippen molar-refractivity contribution >= 4 is 34.4 Å². The standard InChI is InChI=1S/C33H37ClN2O4/c1-19-21(3)36(18-23-14-27(34)17-28(15-23)40-22(4)32(38)39)30-13-10-25(16-29(19)30)31(37)35-20(2)24-8-11-26(12-9-24)33(5,6)7/h8-17,20,22H,18H2,1-7H3,(H,35,37)(H,38,39)/t20-,22?/m0/s1. The van der Waals surface area contributed by atoms with E-state index in [1.54, 1.807) is 6.07 Å². The molecule has 0 saturated heterocycles. The summed E-state index contributed by atoms with van der Waals surface area (Å²) < 4.78 is 7.71. The Hall–Kier alpha value is -3.77. The van der Waals surface area contributed by atoms with Gasteiger partial charge in [-0.15, -0.1) is 0 Å². The maximum Gasteiger partial charge on any atom is 0.344 e. The first-order valence-electron chi connectivity index (χ1n) is 13.4. The average molecular weight is 561 g/mol. The molecule has 6 nitrogen and oxygen atoms in total. The van der Waals surface area contributed by atoms with Crippen LogP contribution in [0.15, 0.2) is 60.7 Å². The van der Waals surface area contributed by atoms with E-state index in [9.17, 15) is 14.7 Å². The highest BCUT2D eigenvalue weighted by Gasteiger charge is 2.19. The minimum Gasteiger partial charge on any atom is -0.479 e. The van der Waals surface area contributed by atoms with Gasteiger partial charge in [-0.25, -0.2) is 4.79 Å². The number of aromatic nitrogens is 1. The van der Waals surface area contributed by atoms with E-state index in [0.29, 0.717) is 22.9 Å². The number of halogens is 1. The van der Waals surface area contributed by atoms with Gasteiger partial charge in [-0.1, -0.05) is 56.6 Å². The number of fused-ring (bicyclic) bond motifs is 1. The van der Waals surface area contributed by atoms with Gasteiger partial charge < -0.3 is 19.7 Å². The number of benzene rings is 3. The topological polar surface area (TPSA) is 80.6 Å². The summed E-state index contributed by atoms with van der Waals surface area (Å²) in [4.78, 5) is 24.4. The molecule has 4 rings (SSSR count). The molecule has 0 fully saturated rings. The first-order valence-corrected chi connectivity index (χ1v) is 13.8. The number of carbonyl (C=O) groups is 2. The summed E-state index contributed by atoms with van der Waals surface area (Å²) in [5.74, 6) is -0.760. The molecule has 0 bridgehead atoms. The fraction of sp³-hybridized carbons (Fsp3) is 0.333. The number of carboxylic acids is 1. The van der Waals surface area contributed by atoms with Gasteiger partial charge in [0, 0.05) is 33.7 Å². The Bertz CT molecular complexity index is 1560. The molecule has 1 aromatic heterocycles. The van der Waals surface area contributed by atoms with Crippen molar-refractivity contribution in [2.75, 3.05) is 0 Å². The minimum absolute atomic E-state index is 0.0780. The van der Waals surface area contributed by atoms with Crippen molar-refractivity contribution in [3.8, 4) is 5.75 Å². The summed E-state index contributed by atoms with van der Waals surface area (Å²) in [6.07, 6.45) is -0.988. The Morgan fingerprint density at radius 1 is 1.00 bits per heavy atom. The largest absolute Gasteiger partial charge is 0.479 e. The van der Waals surface area contributed by atoms with Crippen LogP contribution in [0.25, 0.3) is 10.9 Å². The lowest BCUT2D eigenvalue weighted by atomic mass is 9.86. The van der Waals surface area contributed by atoms with Gasteiger partial charge >= 0.3 is 5.97 Å². The maximum atomic E-state index is 13.2. The smallest absolute Gasteiger partial charge is 0.344 e. The van der Waals surface area contributed by atoms with Gasteiger partial charge in [0.05, 0.1) is 6.04 Å². The first kappa shape index (κ1) is 29.2. The van der Waals surface area contributed by atoms with Crippen LogP contribution < -0.4 is 10.1 Å². The number of nitrogens with one attached hydrogen (secondary N) is 1. The summed E-state index contributed by atoms with van der Waals surface area (Å²) >= 11 is 6.33. The summed E-state index contributed by atoms with van der Waals surface area (Å²) in [7, 11) is 0. The molecule has 7 heteroatoms. The van der Waals surface area contributed by atoms with Gasteiger partial charge in [0.2, 0.25) is 0 Å². The predicted octanol–water partition coefficient (Wildman–Crippen LogP) is 7.60. The molecular weight excluding hydrogens is 524 g/mol. The molecule has 0 saturated carbocycles. The zero-order chi connectivity index (χ0) is 29.4. The van der Waals surface area contributed by atoms with E-state index in [0.717, 1.165) is 33.3 Å². The number of amides is 1. The SMILES string of the molecule is Cc1c(C)n(Cc2cc(Cl)cc(OC(C)C(=O)O)c2)c2ccc(C(=O)N[C@@H](C)c3ccc(C(C)(C)C)cc3)cc12. The van der Waals surface area contributed by atoms with Crippen molar-refractivity contribution in [1.82, 2.24) is 9.88 Å². The van der Waals surface area contributed by atoms with E-state index in [4.69, 9.17) is 16.3 Å². The Balaban J connectivity index is 1.56. The van der Waals surface area contributed by atoms with Crippen molar-refractivity contribution in [3.63, 3.8) is 0 Å². The highest BCUT2D eigenvalue weighted by molar-refractivity contribution is 6.30. The van der Waals surface area contributed by atoms with Gasteiger partial charge in [0.1, 0.15) is 5.75 Å². The van der Waals surface area contributed by atoms with Crippen molar-refractivity contribution < 1.29 is 19.4 Å². The number of carbonyl (C=O) groups excluding carboxylic acids is 1. The second-order valence-corrected chi connectivity index (χ2v) is 11.9. The molecule has 0 spiro atoms. The molecule has 0 aliphatic heterocycles. The number of carboxylic acid groups (broad SMARTS) is 1. The van der Waals surface area contributed by atoms with E-state index >= 15 is 0 Å². The zero-order valence-corrected chi connectivity index (χ0v) is 24.9. The van der Waals surface area contributed by atoms with Gasteiger partial charge in [0.15, 0.2) is 6.10 Å². The number of hydrogen-bond acceptors (Lipinski definition) is 3. The second-order valence-electron chi connectivity index (χ2n) is 11.5. The molecule has 1 amide bonds. The molecular formula is C33H37ClN2O4. The van der Waals surface area contributed by atoms with Crippen LogP contribution in [0.5, 0.6) is 5.75 Å². The number of aryl methyl sites for hydroxylation is 1. The van der Waals surface area contributed by atoms with Crippen molar-refractivity contribution in [2.45, 2.75) is 72.6 Å². The summed E-state index contributed by atoms with van der Waals surface area (Å²) in [5, 5.41) is 13.8. The summed E-state index contributed by atoms with van der Waals surface area (Å²) in [6, 6.07) is 19.3. The second kappa shape index (κ2) is 11.4. The Morgan fingerprint density at radius 3 is 2.30 bits per heavy atom. The highest BCUT2D eigenvalue weighted by atomic mass is 35.5. The number of ether oxygens (including phenoxy) is 1.